The molecule has 3 rings (SSSR count). The quantitative estimate of drug-likeness (QED) is 0.828. The van der Waals surface area contributed by atoms with Gasteiger partial charge in [0.1, 0.15) is 5.82 Å². The van der Waals surface area contributed by atoms with Crippen molar-refractivity contribution in [2.24, 2.45) is 5.92 Å². The minimum absolute atomic E-state index is 0.0577. The Morgan fingerprint density at radius 2 is 2.00 bits per heavy atom. The lowest BCUT2D eigenvalue weighted by molar-refractivity contribution is -0.129. The van der Waals surface area contributed by atoms with Crippen LogP contribution < -0.4 is 0 Å². The lowest BCUT2D eigenvalue weighted by Crippen LogP contribution is -2.43. The topological polar surface area (TPSA) is 23.6 Å². The van der Waals surface area contributed by atoms with Crippen LogP contribution in [0.1, 0.15) is 56.6 Å². The second-order valence-electron chi connectivity index (χ2n) is 8.60. The highest BCUT2D eigenvalue weighted by atomic mass is 19.1. The monoisotopic (exact) mass is 346 g/mol. The van der Waals surface area contributed by atoms with Crippen LogP contribution in [0.3, 0.4) is 0 Å². The van der Waals surface area contributed by atoms with Crippen LogP contribution in [-0.2, 0) is 10.2 Å². The average Bonchev–Trinajstić information content (AvgIpc) is 2.82. The van der Waals surface area contributed by atoms with Crippen molar-refractivity contribution in [1.29, 1.82) is 0 Å². The molecule has 1 aromatic carbocycles. The van der Waals surface area contributed by atoms with Crippen molar-refractivity contribution in [3.63, 3.8) is 0 Å². The highest BCUT2D eigenvalue weighted by Gasteiger charge is 2.46. The summed E-state index contributed by atoms with van der Waals surface area (Å²) in [5.74, 6) is 0.909. The van der Waals surface area contributed by atoms with Crippen molar-refractivity contribution in [2.45, 2.75) is 50.9 Å². The average molecular weight is 346 g/mol. The molecule has 4 heteroatoms. The first-order valence-electron chi connectivity index (χ1n) is 9.53. The second kappa shape index (κ2) is 7.06. The van der Waals surface area contributed by atoms with E-state index in [2.05, 4.69) is 18.7 Å². The number of amides is 1. The van der Waals surface area contributed by atoms with Crippen molar-refractivity contribution in [3.8, 4) is 0 Å². The lowest BCUT2D eigenvalue weighted by atomic mass is 9.73. The summed E-state index contributed by atoms with van der Waals surface area (Å²) in [6, 6.07) is 5.22. The highest BCUT2D eigenvalue weighted by Crippen LogP contribution is 2.53. The number of piperidine rings is 1. The van der Waals surface area contributed by atoms with Gasteiger partial charge in [-0.15, -0.1) is 0 Å². The number of likely N-dealkylation sites (tertiary alicyclic amines) is 1. The van der Waals surface area contributed by atoms with Crippen LogP contribution in [0.4, 0.5) is 4.39 Å². The predicted molar refractivity (Wildman–Crippen MR) is 99.3 cm³/mol. The molecule has 1 fully saturated rings. The Labute approximate surface area is 151 Å². The van der Waals surface area contributed by atoms with Crippen LogP contribution in [0, 0.1) is 11.7 Å². The zero-order valence-electron chi connectivity index (χ0n) is 16.0. The summed E-state index contributed by atoms with van der Waals surface area (Å²) in [5.41, 5.74) is 2.43. The highest BCUT2D eigenvalue weighted by molar-refractivity contribution is 5.77. The standard InChI is InChI=1S/C21H31FN2O/c1-15(2)14-24-9-7-21(8-10-24)13-16(11-20(25)23(3)4)18-6-5-17(22)12-19(18)21/h5-6,12,15-16H,7-11,13-14H2,1-4H3. The van der Waals surface area contributed by atoms with Gasteiger partial charge in [0.05, 0.1) is 0 Å². The molecule has 1 aromatic rings. The van der Waals surface area contributed by atoms with Gasteiger partial charge in [0, 0.05) is 27.1 Å². The van der Waals surface area contributed by atoms with E-state index >= 15 is 0 Å². The minimum atomic E-state index is -0.151. The summed E-state index contributed by atoms with van der Waals surface area (Å²) in [5, 5.41) is 0. The smallest absolute Gasteiger partial charge is 0.222 e. The van der Waals surface area contributed by atoms with Gasteiger partial charge in [-0.3, -0.25) is 4.79 Å². The summed E-state index contributed by atoms with van der Waals surface area (Å²) >= 11 is 0. The SMILES string of the molecule is CC(C)CN1CCC2(CC1)CC(CC(=O)N(C)C)c1ccc(F)cc12. The molecule has 1 saturated heterocycles. The van der Waals surface area contributed by atoms with E-state index < -0.39 is 0 Å². The van der Waals surface area contributed by atoms with Crippen molar-refractivity contribution in [1.82, 2.24) is 9.80 Å². The molecule has 0 N–H and O–H groups in total. The fourth-order valence-corrected chi connectivity index (χ4v) is 4.76. The van der Waals surface area contributed by atoms with Crippen molar-refractivity contribution in [3.05, 3.63) is 35.1 Å². The Balaban J connectivity index is 1.82. The molecule has 3 nitrogen and oxygen atoms in total. The number of carbonyl (C=O) groups excluding carboxylic acids is 1. The van der Waals surface area contributed by atoms with E-state index in [1.54, 1.807) is 17.0 Å². The number of fused-ring (bicyclic) bond motifs is 2. The zero-order chi connectivity index (χ0) is 18.2. The van der Waals surface area contributed by atoms with E-state index in [1.807, 2.05) is 20.2 Å². The van der Waals surface area contributed by atoms with Gasteiger partial charge in [-0.05, 0) is 72.9 Å². The van der Waals surface area contributed by atoms with Crippen LogP contribution in [0.25, 0.3) is 0 Å². The second-order valence-corrected chi connectivity index (χ2v) is 8.60. The third-order valence-corrected chi connectivity index (χ3v) is 6.02. The molecule has 1 amide bonds. The summed E-state index contributed by atoms with van der Waals surface area (Å²) in [6.45, 7) is 7.79. The number of hydrogen-bond acceptors (Lipinski definition) is 2. The van der Waals surface area contributed by atoms with Gasteiger partial charge < -0.3 is 9.80 Å². The van der Waals surface area contributed by atoms with E-state index in [0.717, 1.165) is 38.9 Å². The molecule has 0 radical (unpaired) electrons. The maximum Gasteiger partial charge on any atom is 0.222 e. The number of nitrogens with zero attached hydrogens (tertiary/aromatic N) is 2. The predicted octanol–water partition coefficient (Wildman–Crippen LogP) is 3.78. The number of rotatable bonds is 4. The normalized spacial score (nSPS) is 22.4. The van der Waals surface area contributed by atoms with E-state index in [9.17, 15) is 9.18 Å². The van der Waals surface area contributed by atoms with Gasteiger partial charge in [0.15, 0.2) is 0 Å². The fraction of sp³-hybridized carbons (Fsp3) is 0.667. The Morgan fingerprint density at radius 3 is 2.60 bits per heavy atom. The molecule has 1 heterocycles. The van der Waals surface area contributed by atoms with E-state index in [0.29, 0.717) is 12.3 Å². The van der Waals surface area contributed by atoms with Gasteiger partial charge in [-0.25, -0.2) is 4.39 Å². The first kappa shape index (κ1) is 18.4. The first-order valence-corrected chi connectivity index (χ1v) is 9.53. The molecular weight excluding hydrogens is 315 g/mol. The Kier molecular flexibility index (Phi) is 5.19. The minimum Gasteiger partial charge on any atom is -0.349 e. The molecule has 138 valence electrons. The molecule has 1 aliphatic heterocycles. The molecule has 0 saturated carbocycles. The van der Waals surface area contributed by atoms with Crippen LogP contribution in [-0.4, -0.2) is 49.4 Å². The van der Waals surface area contributed by atoms with Crippen molar-refractivity contribution < 1.29 is 9.18 Å². The van der Waals surface area contributed by atoms with Crippen LogP contribution in [0.5, 0.6) is 0 Å². The van der Waals surface area contributed by atoms with Gasteiger partial charge in [-0.2, -0.15) is 0 Å². The Morgan fingerprint density at radius 1 is 1.32 bits per heavy atom. The zero-order valence-corrected chi connectivity index (χ0v) is 16.0. The maximum atomic E-state index is 14.0. The Bertz CT molecular complexity index is 633. The number of hydrogen-bond donors (Lipinski definition) is 0. The molecule has 1 unspecified atom stereocenters. The number of benzene rings is 1. The molecule has 1 atom stereocenters. The molecular formula is C21H31FN2O. The molecule has 1 aliphatic carbocycles. The molecule has 1 spiro atoms. The third kappa shape index (κ3) is 3.74. The fourth-order valence-electron chi connectivity index (χ4n) is 4.76. The largest absolute Gasteiger partial charge is 0.349 e. The first-order chi connectivity index (χ1) is 11.8. The summed E-state index contributed by atoms with van der Waals surface area (Å²) in [7, 11) is 3.62. The number of halogens is 1. The van der Waals surface area contributed by atoms with Crippen molar-refractivity contribution >= 4 is 5.91 Å². The Hall–Kier alpha value is -1.42. The van der Waals surface area contributed by atoms with Crippen LogP contribution >= 0.6 is 0 Å². The molecule has 2 aliphatic rings. The van der Waals surface area contributed by atoms with E-state index in [4.69, 9.17) is 0 Å². The maximum absolute atomic E-state index is 14.0. The van der Waals surface area contributed by atoms with Gasteiger partial charge in [0.25, 0.3) is 0 Å². The molecule has 0 aromatic heterocycles. The van der Waals surface area contributed by atoms with Crippen LogP contribution in [0.15, 0.2) is 18.2 Å². The van der Waals surface area contributed by atoms with E-state index in [1.165, 1.54) is 11.1 Å². The molecule has 25 heavy (non-hydrogen) atoms. The van der Waals surface area contributed by atoms with Gasteiger partial charge in [-0.1, -0.05) is 19.9 Å². The van der Waals surface area contributed by atoms with Gasteiger partial charge >= 0.3 is 0 Å². The van der Waals surface area contributed by atoms with Crippen LogP contribution in [0.2, 0.25) is 0 Å². The summed E-state index contributed by atoms with van der Waals surface area (Å²) in [6.07, 6.45) is 3.66. The summed E-state index contributed by atoms with van der Waals surface area (Å²) in [4.78, 5) is 16.5. The van der Waals surface area contributed by atoms with Gasteiger partial charge in [0.2, 0.25) is 5.91 Å². The summed E-state index contributed by atoms with van der Waals surface area (Å²) < 4.78 is 14.0. The lowest BCUT2D eigenvalue weighted by Gasteiger charge is -2.41. The van der Waals surface area contributed by atoms with E-state index in [-0.39, 0.29) is 23.1 Å². The molecule has 0 bridgehead atoms. The van der Waals surface area contributed by atoms with Crippen molar-refractivity contribution in [2.75, 3.05) is 33.7 Å². The number of carbonyl (C=O) groups is 1. The third-order valence-electron chi connectivity index (χ3n) is 6.02.